The largest absolute Gasteiger partial charge is 0.410 e. The number of aliphatic hydroxyl groups excluding tert-OH is 1. The Balaban J connectivity index is 1.61. The van der Waals surface area contributed by atoms with Crippen molar-refractivity contribution in [1.82, 2.24) is 9.97 Å². The molecular formula is C22H19N3O3. The molecule has 0 aliphatic rings. The summed E-state index contributed by atoms with van der Waals surface area (Å²) in [6.07, 6.45) is -1.54. The summed E-state index contributed by atoms with van der Waals surface area (Å²) in [7, 11) is 0. The molecule has 0 spiro atoms. The second-order valence-electron chi connectivity index (χ2n) is 6.57. The van der Waals surface area contributed by atoms with Crippen molar-refractivity contribution in [2.24, 2.45) is 5.73 Å². The highest BCUT2D eigenvalue weighted by Gasteiger charge is 2.13. The van der Waals surface area contributed by atoms with Gasteiger partial charge in [0, 0.05) is 11.6 Å². The minimum absolute atomic E-state index is 0.342. The van der Waals surface area contributed by atoms with E-state index in [1.165, 1.54) is 0 Å². The smallest absolute Gasteiger partial charge is 0.409 e. The van der Waals surface area contributed by atoms with Crippen molar-refractivity contribution >= 4 is 17.1 Å². The van der Waals surface area contributed by atoms with Gasteiger partial charge in [0.1, 0.15) is 17.7 Å². The number of ether oxygens (including phenoxy) is 1. The third kappa shape index (κ3) is 3.45. The maximum Gasteiger partial charge on any atom is 0.409 e. The van der Waals surface area contributed by atoms with Gasteiger partial charge in [0.25, 0.3) is 0 Å². The Morgan fingerprint density at radius 1 is 1.11 bits per heavy atom. The van der Waals surface area contributed by atoms with Crippen LogP contribution in [0.2, 0.25) is 0 Å². The first-order chi connectivity index (χ1) is 13.5. The number of imidazole rings is 1. The van der Waals surface area contributed by atoms with Crippen LogP contribution in [-0.4, -0.2) is 21.2 Å². The summed E-state index contributed by atoms with van der Waals surface area (Å²) in [6.45, 7) is 1.98. The molecule has 140 valence electrons. The predicted molar refractivity (Wildman–Crippen MR) is 107 cm³/mol. The lowest BCUT2D eigenvalue weighted by Crippen LogP contribution is -2.16. The zero-order valence-corrected chi connectivity index (χ0v) is 15.2. The maximum absolute atomic E-state index is 10.9. The number of H-pyrrole nitrogens is 1. The van der Waals surface area contributed by atoms with Gasteiger partial charge in [-0.1, -0.05) is 48.5 Å². The molecule has 4 aromatic rings. The van der Waals surface area contributed by atoms with Crippen LogP contribution in [0.1, 0.15) is 22.8 Å². The predicted octanol–water partition coefficient (Wildman–Crippen LogP) is 4.08. The van der Waals surface area contributed by atoms with Crippen molar-refractivity contribution < 1.29 is 14.6 Å². The van der Waals surface area contributed by atoms with Gasteiger partial charge in [-0.25, -0.2) is 9.78 Å². The molecule has 0 aliphatic heterocycles. The Morgan fingerprint density at radius 2 is 1.86 bits per heavy atom. The molecule has 28 heavy (non-hydrogen) atoms. The number of aryl methyl sites for hydroxylation is 1. The minimum Gasteiger partial charge on any atom is -0.410 e. The Kier molecular flexibility index (Phi) is 4.55. The van der Waals surface area contributed by atoms with E-state index < -0.39 is 12.2 Å². The lowest BCUT2D eigenvalue weighted by Gasteiger charge is -2.14. The van der Waals surface area contributed by atoms with Gasteiger partial charge in [-0.2, -0.15) is 0 Å². The van der Waals surface area contributed by atoms with Crippen LogP contribution in [0.4, 0.5) is 4.79 Å². The van der Waals surface area contributed by atoms with E-state index in [9.17, 15) is 9.90 Å². The molecule has 3 aromatic carbocycles. The second-order valence-corrected chi connectivity index (χ2v) is 6.57. The quantitative estimate of drug-likeness (QED) is 0.502. The summed E-state index contributed by atoms with van der Waals surface area (Å²) in [5, 5.41) is 10.7. The highest BCUT2D eigenvalue weighted by Crippen LogP contribution is 2.28. The van der Waals surface area contributed by atoms with E-state index in [1.54, 1.807) is 18.2 Å². The Labute approximate surface area is 161 Å². The maximum atomic E-state index is 10.9. The molecule has 6 nitrogen and oxygen atoms in total. The number of rotatable bonds is 4. The lowest BCUT2D eigenvalue weighted by atomic mass is 9.97. The topological polar surface area (TPSA) is 101 Å². The number of aromatic nitrogens is 2. The summed E-state index contributed by atoms with van der Waals surface area (Å²) in [6, 6.07) is 20.5. The summed E-state index contributed by atoms with van der Waals surface area (Å²) in [4.78, 5) is 18.7. The molecule has 0 saturated carbocycles. The first-order valence-corrected chi connectivity index (χ1v) is 8.82. The van der Waals surface area contributed by atoms with E-state index in [0.29, 0.717) is 17.1 Å². The van der Waals surface area contributed by atoms with Crippen molar-refractivity contribution in [3.63, 3.8) is 0 Å². The SMILES string of the molecule is Cc1ccccc1C(O)c1ccc(-c2nc3cc(OC(N)=O)ccc3[nH]2)cc1. The Morgan fingerprint density at radius 3 is 2.57 bits per heavy atom. The first kappa shape index (κ1) is 17.8. The molecule has 0 aliphatic carbocycles. The number of nitrogens with zero attached hydrogens (tertiary/aromatic N) is 1. The number of hydrogen-bond donors (Lipinski definition) is 3. The number of amides is 1. The average Bonchev–Trinajstić information content (AvgIpc) is 3.11. The number of carbonyl (C=O) groups excluding carboxylic acids is 1. The van der Waals surface area contributed by atoms with Crippen LogP contribution in [0.25, 0.3) is 22.4 Å². The fourth-order valence-electron chi connectivity index (χ4n) is 3.20. The van der Waals surface area contributed by atoms with Gasteiger partial charge in [0.15, 0.2) is 0 Å². The van der Waals surface area contributed by atoms with Crippen LogP contribution in [0.3, 0.4) is 0 Å². The highest BCUT2D eigenvalue weighted by molar-refractivity contribution is 5.81. The monoisotopic (exact) mass is 373 g/mol. The van der Waals surface area contributed by atoms with Crippen molar-refractivity contribution in [3.8, 4) is 17.1 Å². The number of benzene rings is 3. The fourth-order valence-corrected chi connectivity index (χ4v) is 3.20. The molecule has 1 unspecified atom stereocenters. The van der Waals surface area contributed by atoms with E-state index in [4.69, 9.17) is 10.5 Å². The molecule has 1 heterocycles. The van der Waals surface area contributed by atoms with Gasteiger partial charge in [0.05, 0.1) is 11.0 Å². The summed E-state index contributed by atoms with van der Waals surface area (Å²) in [5.74, 6) is 1.03. The van der Waals surface area contributed by atoms with Gasteiger partial charge < -0.3 is 20.6 Å². The standard InChI is InChI=1S/C22H19N3O3/c1-13-4-2-3-5-17(13)20(26)14-6-8-15(9-7-14)21-24-18-11-10-16(28-22(23)27)12-19(18)25-21/h2-12,20,26H,1H3,(H2,23,27)(H,24,25). The number of carbonyl (C=O) groups is 1. The number of primary amides is 1. The van der Waals surface area contributed by atoms with Gasteiger partial charge >= 0.3 is 6.09 Å². The summed E-state index contributed by atoms with van der Waals surface area (Å²) < 4.78 is 4.89. The van der Waals surface area contributed by atoms with Gasteiger partial charge in [-0.3, -0.25) is 0 Å². The van der Waals surface area contributed by atoms with Crippen LogP contribution in [-0.2, 0) is 0 Å². The minimum atomic E-state index is -0.863. The van der Waals surface area contributed by atoms with E-state index >= 15 is 0 Å². The fraction of sp³-hybridized carbons (Fsp3) is 0.0909. The molecule has 4 N–H and O–H groups in total. The van der Waals surface area contributed by atoms with Crippen LogP contribution < -0.4 is 10.5 Å². The van der Waals surface area contributed by atoms with Gasteiger partial charge in [0.2, 0.25) is 0 Å². The highest BCUT2D eigenvalue weighted by atomic mass is 16.5. The van der Waals surface area contributed by atoms with E-state index in [0.717, 1.165) is 27.8 Å². The average molecular weight is 373 g/mol. The van der Waals surface area contributed by atoms with Crippen LogP contribution in [0.5, 0.6) is 5.75 Å². The zero-order valence-electron chi connectivity index (χ0n) is 15.2. The number of aromatic amines is 1. The number of hydrogen-bond acceptors (Lipinski definition) is 4. The first-order valence-electron chi connectivity index (χ1n) is 8.82. The number of nitrogens with two attached hydrogens (primary N) is 1. The Hall–Kier alpha value is -3.64. The number of fused-ring (bicyclic) bond motifs is 1. The van der Waals surface area contributed by atoms with Crippen molar-refractivity contribution in [3.05, 3.63) is 83.4 Å². The normalized spacial score (nSPS) is 12.1. The van der Waals surface area contributed by atoms with Crippen LogP contribution in [0.15, 0.2) is 66.7 Å². The summed E-state index contributed by atoms with van der Waals surface area (Å²) in [5.41, 5.74) is 10.2. The lowest BCUT2D eigenvalue weighted by molar-refractivity contribution is 0.211. The van der Waals surface area contributed by atoms with E-state index in [2.05, 4.69) is 9.97 Å². The molecular weight excluding hydrogens is 354 g/mol. The van der Waals surface area contributed by atoms with Gasteiger partial charge in [-0.05, 0) is 35.7 Å². The van der Waals surface area contributed by atoms with E-state index in [-0.39, 0.29) is 0 Å². The molecule has 0 saturated heterocycles. The van der Waals surface area contributed by atoms with Crippen LogP contribution >= 0.6 is 0 Å². The second kappa shape index (κ2) is 7.17. The molecule has 0 fully saturated rings. The molecule has 1 amide bonds. The molecule has 0 bridgehead atoms. The van der Waals surface area contributed by atoms with E-state index in [1.807, 2.05) is 55.5 Å². The molecule has 1 aromatic heterocycles. The molecule has 4 rings (SSSR count). The Bertz CT molecular complexity index is 1150. The zero-order chi connectivity index (χ0) is 19.7. The third-order valence-corrected chi connectivity index (χ3v) is 4.66. The number of aliphatic hydroxyl groups is 1. The third-order valence-electron chi connectivity index (χ3n) is 4.66. The van der Waals surface area contributed by atoms with Gasteiger partial charge in [-0.15, -0.1) is 0 Å². The van der Waals surface area contributed by atoms with Crippen molar-refractivity contribution in [2.45, 2.75) is 13.0 Å². The van der Waals surface area contributed by atoms with Crippen molar-refractivity contribution in [1.29, 1.82) is 0 Å². The molecule has 0 radical (unpaired) electrons. The van der Waals surface area contributed by atoms with Crippen molar-refractivity contribution in [2.75, 3.05) is 0 Å². The summed E-state index contributed by atoms with van der Waals surface area (Å²) >= 11 is 0. The van der Waals surface area contributed by atoms with Crippen LogP contribution in [0, 0.1) is 6.92 Å². The molecule has 6 heteroatoms. The molecule has 1 atom stereocenters. The number of nitrogens with one attached hydrogen (secondary N) is 1.